The number of hydrogen-bond acceptors (Lipinski definition) is 6. The largest absolute Gasteiger partial charge is 0.394 e. The van der Waals surface area contributed by atoms with Crippen molar-refractivity contribution in [3.05, 3.63) is 39.3 Å². The second-order valence-corrected chi connectivity index (χ2v) is 5.42. The van der Waals surface area contributed by atoms with Gasteiger partial charge >= 0.3 is 0 Å². The van der Waals surface area contributed by atoms with Gasteiger partial charge in [-0.05, 0) is 13.0 Å². The van der Waals surface area contributed by atoms with Gasteiger partial charge in [0.2, 0.25) is 0 Å². The summed E-state index contributed by atoms with van der Waals surface area (Å²) in [6.07, 6.45) is -5.06. The van der Waals surface area contributed by atoms with Crippen LogP contribution in [-0.4, -0.2) is 50.2 Å². The molecule has 0 spiro atoms. The summed E-state index contributed by atoms with van der Waals surface area (Å²) in [5.41, 5.74) is -0.986. The molecule has 0 saturated carbocycles. The van der Waals surface area contributed by atoms with Gasteiger partial charge in [0.05, 0.1) is 6.61 Å². The Balaban J connectivity index is 2.16. The lowest BCUT2D eigenvalue weighted by Gasteiger charge is -2.15. The lowest BCUT2D eigenvalue weighted by atomic mass is 10.0. The Labute approximate surface area is 128 Å². The molecule has 4 N–H and O–H groups in total. The number of ether oxygens (including phenoxy) is 1. The molecule has 0 amide bonds. The minimum atomic E-state index is -1.44. The van der Waals surface area contributed by atoms with Crippen molar-refractivity contribution in [2.45, 2.75) is 31.3 Å². The molecule has 1 aliphatic heterocycles. The Morgan fingerprint density at radius 3 is 2.65 bits per heavy atom. The number of hydrogen-bond donors (Lipinski definition) is 4. The standard InChI is InChI=1S/C14H14F2N2O5/c1-4-5-2-6(11-10(21)9(20)7(3-19)23-11)14(22)18-13(5)17-12(16)8(4)15/h2,7,9-11,19-21H,3H2,1H3,(H,17,18,22). The summed E-state index contributed by atoms with van der Waals surface area (Å²) in [4.78, 5) is 17.8. The van der Waals surface area contributed by atoms with E-state index in [1.165, 1.54) is 13.0 Å². The molecule has 1 fully saturated rings. The predicted molar refractivity (Wildman–Crippen MR) is 73.7 cm³/mol. The van der Waals surface area contributed by atoms with Crippen molar-refractivity contribution < 1.29 is 28.8 Å². The normalized spacial score (nSPS) is 27.7. The van der Waals surface area contributed by atoms with Crippen LogP contribution in [0.1, 0.15) is 17.2 Å². The number of pyridine rings is 2. The van der Waals surface area contributed by atoms with Crippen LogP contribution in [0, 0.1) is 18.7 Å². The van der Waals surface area contributed by atoms with E-state index in [4.69, 9.17) is 9.84 Å². The van der Waals surface area contributed by atoms with E-state index in [0.29, 0.717) is 0 Å². The number of aromatic amines is 1. The number of aliphatic hydroxyl groups is 3. The number of H-pyrrole nitrogens is 1. The fraction of sp³-hybridized carbons (Fsp3) is 0.429. The average Bonchev–Trinajstić information content (AvgIpc) is 2.80. The van der Waals surface area contributed by atoms with Crippen molar-refractivity contribution in [1.29, 1.82) is 0 Å². The van der Waals surface area contributed by atoms with Crippen LogP contribution in [0.25, 0.3) is 11.0 Å². The fourth-order valence-electron chi connectivity index (χ4n) is 2.70. The van der Waals surface area contributed by atoms with E-state index in [9.17, 15) is 23.8 Å². The van der Waals surface area contributed by atoms with Crippen molar-refractivity contribution in [2.24, 2.45) is 0 Å². The van der Waals surface area contributed by atoms with Gasteiger partial charge in [-0.15, -0.1) is 0 Å². The van der Waals surface area contributed by atoms with Crippen molar-refractivity contribution in [1.82, 2.24) is 9.97 Å². The van der Waals surface area contributed by atoms with Crippen molar-refractivity contribution in [3.8, 4) is 0 Å². The zero-order chi connectivity index (χ0) is 16.9. The second kappa shape index (κ2) is 5.60. The first-order valence-corrected chi connectivity index (χ1v) is 6.86. The molecule has 4 unspecified atom stereocenters. The van der Waals surface area contributed by atoms with E-state index in [1.54, 1.807) is 0 Å². The Kier molecular flexibility index (Phi) is 3.88. The van der Waals surface area contributed by atoms with Gasteiger partial charge in [0.25, 0.3) is 11.5 Å². The molecule has 0 aliphatic carbocycles. The van der Waals surface area contributed by atoms with E-state index in [1.807, 2.05) is 0 Å². The van der Waals surface area contributed by atoms with E-state index >= 15 is 0 Å². The highest BCUT2D eigenvalue weighted by Crippen LogP contribution is 2.33. The number of halogens is 2. The summed E-state index contributed by atoms with van der Waals surface area (Å²) in [5.74, 6) is -2.47. The number of nitrogens with zero attached hydrogens (tertiary/aromatic N) is 1. The molecular weight excluding hydrogens is 314 g/mol. The van der Waals surface area contributed by atoms with Crippen LogP contribution >= 0.6 is 0 Å². The van der Waals surface area contributed by atoms with E-state index in [-0.39, 0.29) is 22.2 Å². The number of aliphatic hydroxyl groups excluding tert-OH is 3. The van der Waals surface area contributed by atoms with Crippen LogP contribution in [0.5, 0.6) is 0 Å². The summed E-state index contributed by atoms with van der Waals surface area (Å²) < 4.78 is 32.2. The van der Waals surface area contributed by atoms with Crippen LogP contribution in [-0.2, 0) is 4.74 Å². The van der Waals surface area contributed by atoms with Crippen molar-refractivity contribution in [3.63, 3.8) is 0 Å². The molecule has 1 saturated heterocycles. The first-order valence-electron chi connectivity index (χ1n) is 6.86. The van der Waals surface area contributed by atoms with Gasteiger partial charge in [-0.2, -0.15) is 9.37 Å². The van der Waals surface area contributed by atoms with Crippen LogP contribution < -0.4 is 5.56 Å². The Morgan fingerprint density at radius 1 is 1.35 bits per heavy atom. The molecule has 23 heavy (non-hydrogen) atoms. The molecule has 2 aromatic rings. The molecule has 9 heteroatoms. The number of aryl methyl sites for hydroxylation is 1. The summed E-state index contributed by atoms with van der Waals surface area (Å²) in [6.45, 7) is 0.780. The Morgan fingerprint density at radius 2 is 2.04 bits per heavy atom. The highest BCUT2D eigenvalue weighted by Gasteiger charge is 2.44. The molecule has 0 radical (unpaired) electrons. The van der Waals surface area contributed by atoms with Gasteiger partial charge in [-0.1, -0.05) is 0 Å². The topological polar surface area (TPSA) is 116 Å². The van der Waals surface area contributed by atoms with Gasteiger partial charge < -0.3 is 25.0 Å². The molecule has 7 nitrogen and oxygen atoms in total. The van der Waals surface area contributed by atoms with Crippen molar-refractivity contribution >= 4 is 11.0 Å². The minimum Gasteiger partial charge on any atom is -0.394 e. The summed E-state index contributed by atoms with van der Waals surface area (Å²) in [5, 5.41) is 29.0. The number of nitrogens with one attached hydrogen (secondary N) is 1. The second-order valence-electron chi connectivity index (χ2n) is 5.42. The highest BCUT2D eigenvalue weighted by molar-refractivity contribution is 5.79. The van der Waals surface area contributed by atoms with Gasteiger partial charge in [-0.25, -0.2) is 4.39 Å². The molecule has 4 atom stereocenters. The monoisotopic (exact) mass is 328 g/mol. The van der Waals surface area contributed by atoms with Gasteiger partial charge in [0.1, 0.15) is 30.1 Å². The average molecular weight is 328 g/mol. The fourth-order valence-corrected chi connectivity index (χ4v) is 2.70. The lowest BCUT2D eigenvalue weighted by Crippen LogP contribution is -2.33. The van der Waals surface area contributed by atoms with Crippen molar-refractivity contribution in [2.75, 3.05) is 6.61 Å². The minimum absolute atomic E-state index is 0.0586. The zero-order valence-corrected chi connectivity index (χ0v) is 12.0. The van der Waals surface area contributed by atoms with Gasteiger partial charge in [0.15, 0.2) is 5.82 Å². The van der Waals surface area contributed by atoms with Crippen LogP contribution in [0.15, 0.2) is 10.9 Å². The molecule has 3 rings (SSSR count). The maximum atomic E-state index is 13.6. The molecule has 3 heterocycles. The zero-order valence-electron chi connectivity index (χ0n) is 12.0. The number of aromatic nitrogens is 2. The highest BCUT2D eigenvalue weighted by atomic mass is 19.2. The SMILES string of the molecule is Cc1c(F)c(F)nc2[nH]c(=O)c(C3OC(CO)C(O)C3O)cc12. The molecule has 1 aliphatic rings. The third-order valence-corrected chi connectivity index (χ3v) is 4.02. The van der Waals surface area contributed by atoms with E-state index < -0.39 is 48.3 Å². The number of rotatable bonds is 2. The molecule has 0 bridgehead atoms. The summed E-state index contributed by atoms with van der Waals surface area (Å²) >= 11 is 0. The van der Waals surface area contributed by atoms with E-state index in [0.717, 1.165) is 0 Å². The molecule has 0 aromatic carbocycles. The summed E-state index contributed by atoms with van der Waals surface area (Å²) in [7, 11) is 0. The molecular formula is C14H14F2N2O5. The quantitative estimate of drug-likeness (QED) is 0.561. The van der Waals surface area contributed by atoms with Crippen LogP contribution in [0.2, 0.25) is 0 Å². The number of fused-ring (bicyclic) bond motifs is 1. The third-order valence-electron chi connectivity index (χ3n) is 4.02. The summed E-state index contributed by atoms with van der Waals surface area (Å²) in [6, 6.07) is 1.24. The smallest absolute Gasteiger partial charge is 0.255 e. The Bertz CT molecular complexity index is 825. The molecule has 124 valence electrons. The Hall–Kier alpha value is -1.94. The first-order chi connectivity index (χ1) is 10.8. The van der Waals surface area contributed by atoms with Crippen LogP contribution in [0.4, 0.5) is 8.78 Å². The maximum absolute atomic E-state index is 13.6. The van der Waals surface area contributed by atoms with Gasteiger partial charge in [0, 0.05) is 16.5 Å². The van der Waals surface area contributed by atoms with E-state index in [2.05, 4.69) is 9.97 Å². The molecule has 2 aromatic heterocycles. The first kappa shape index (κ1) is 15.9. The van der Waals surface area contributed by atoms with Crippen LogP contribution in [0.3, 0.4) is 0 Å². The van der Waals surface area contributed by atoms with Gasteiger partial charge in [-0.3, -0.25) is 4.79 Å². The third kappa shape index (κ3) is 2.41. The maximum Gasteiger partial charge on any atom is 0.255 e. The predicted octanol–water partition coefficient (Wildman–Crippen LogP) is -0.336. The lowest BCUT2D eigenvalue weighted by molar-refractivity contribution is -0.0231.